The van der Waals surface area contributed by atoms with Crippen LogP contribution in [0.25, 0.3) is 0 Å². The number of benzene rings is 1. The molecule has 0 bridgehead atoms. The summed E-state index contributed by atoms with van der Waals surface area (Å²) in [6, 6.07) is 2.24. The Morgan fingerprint density at radius 2 is 1.82 bits per heavy atom. The molecule has 206 valence electrons. The topological polar surface area (TPSA) is 191 Å². The van der Waals surface area contributed by atoms with Crippen molar-refractivity contribution in [1.82, 2.24) is 25.5 Å². The first kappa shape index (κ1) is 28.6. The minimum Gasteiger partial charge on any atom is -0.508 e. The number of nitrogens with two attached hydrogens (primary N) is 1. The highest BCUT2D eigenvalue weighted by molar-refractivity contribution is 5.94. The molecule has 0 aliphatic carbocycles. The molecule has 5 unspecified atom stereocenters. The van der Waals surface area contributed by atoms with Gasteiger partial charge in [-0.2, -0.15) is 0 Å². The average Bonchev–Trinajstić information content (AvgIpc) is 3.60. The Morgan fingerprint density at radius 3 is 2.42 bits per heavy atom. The highest BCUT2D eigenvalue weighted by Gasteiger charge is 2.38. The highest BCUT2D eigenvalue weighted by atomic mass is 16.4. The molecule has 0 radical (unpaired) electrons. The molecule has 2 aromatic rings. The molecule has 1 saturated heterocycles. The van der Waals surface area contributed by atoms with Crippen LogP contribution in [0.3, 0.4) is 0 Å². The van der Waals surface area contributed by atoms with Gasteiger partial charge in [0.2, 0.25) is 17.7 Å². The Kier molecular flexibility index (Phi) is 9.83. The van der Waals surface area contributed by atoms with Crippen molar-refractivity contribution >= 4 is 23.7 Å². The number of imidazole rings is 1. The normalized spacial score (nSPS) is 18.3. The van der Waals surface area contributed by atoms with E-state index in [1.807, 2.05) is 13.8 Å². The standard InChI is InChI=1S/C26H36N6O6/c1-3-15(2)22(27)24(35)30-19(11-16-6-8-18(33)9-7-16)23(34)31-20(12-17-13-28-14-29-17)25(36)32-10-4-5-21(32)26(37)38/h6-9,13-15,19-22,33H,3-5,10-12,27H2,1-2H3,(H,28,29)(H,30,35)(H,31,34)(H,37,38). The zero-order chi connectivity index (χ0) is 27.8. The van der Waals surface area contributed by atoms with Crippen LogP contribution < -0.4 is 16.4 Å². The van der Waals surface area contributed by atoms with E-state index in [0.717, 1.165) is 0 Å². The van der Waals surface area contributed by atoms with Gasteiger partial charge in [0.15, 0.2) is 0 Å². The molecule has 0 saturated carbocycles. The summed E-state index contributed by atoms with van der Waals surface area (Å²) in [6.45, 7) is 4.02. The fourth-order valence-corrected chi connectivity index (χ4v) is 4.43. The van der Waals surface area contributed by atoms with Gasteiger partial charge in [-0.3, -0.25) is 14.4 Å². The van der Waals surface area contributed by atoms with Crippen LogP contribution in [-0.2, 0) is 32.0 Å². The Bertz CT molecular complexity index is 1110. The molecule has 3 rings (SSSR count). The number of H-pyrrole nitrogens is 1. The van der Waals surface area contributed by atoms with E-state index in [1.165, 1.54) is 29.6 Å². The van der Waals surface area contributed by atoms with Crippen LogP contribution in [-0.4, -0.2) is 79.5 Å². The number of likely N-dealkylation sites (tertiary alicyclic amines) is 1. The number of carbonyl (C=O) groups excluding carboxylic acids is 3. The van der Waals surface area contributed by atoms with Crippen molar-refractivity contribution in [3.63, 3.8) is 0 Å². The number of nitrogens with one attached hydrogen (secondary N) is 3. The van der Waals surface area contributed by atoms with Crippen molar-refractivity contribution in [2.75, 3.05) is 6.54 Å². The van der Waals surface area contributed by atoms with E-state index in [9.17, 15) is 29.4 Å². The van der Waals surface area contributed by atoms with Gasteiger partial charge in [0, 0.05) is 31.3 Å². The summed E-state index contributed by atoms with van der Waals surface area (Å²) in [5, 5.41) is 24.6. The Hall–Kier alpha value is -3.93. The summed E-state index contributed by atoms with van der Waals surface area (Å²) in [5.74, 6) is -2.80. The Labute approximate surface area is 221 Å². The van der Waals surface area contributed by atoms with Gasteiger partial charge in [-0.1, -0.05) is 32.4 Å². The number of nitrogens with zero attached hydrogens (tertiary/aromatic N) is 2. The number of aliphatic carboxylic acids is 1. The molecule has 1 aliphatic rings. The van der Waals surface area contributed by atoms with Crippen LogP contribution in [0.4, 0.5) is 0 Å². The lowest BCUT2D eigenvalue weighted by molar-refractivity contribution is -0.149. The SMILES string of the molecule is CCC(C)C(N)C(=O)NC(Cc1ccc(O)cc1)C(=O)NC(Cc1cnc[nH]1)C(=O)N1CCCC1C(=O)O. The van der Waals surface area contributed by atoms with E-state index >= 15 is 0 Å². The Morgan fingerprint density at radius 1 is 1.13 bits per heavy atom. The van der Waals surface area contributed by atoms with Gasteiger partial charge < -0.3 is 36.5 Å². The summed E-state index contributed by atoms with van der Waals surface area (Å²) in [4.78, 5) is 59.8. The number of hydrogen-bond donors (Lipinski definition) is 6. The zero-order valence-electron chi connectivity index (χ0n) is 21.6. The largest absolute Gasteiger partial charge is 0.508 e. The fraction of sp³-hybridized carbons (Fsp3) is 0.500. The molecule has 5 atom stereocenters. The van der Waals surface area contributed by atoms with E-state index in [1.54, 1.807) is 12.1 Å². The van der Waals surface area contributed by atoms with Crippen LogP contribution in [0.2, 0.25) is 0 Å². The number of rotatable bonds is 12. The number of phenols is 1. The first-order valence-corrected chi connectivity index (χ1v) is 12.8. The van der Waals surface area contributed by atoms with Crippen LogP contribution in [0.15, 0.2) is 36.8 Å². The smallest absolute Gasteiger partial charge is 0.326 e. The highest BCUT2D eigenvalue weighted by Crippen LogP contribution is 2.20. The van der Waals surface area contributed by atoms with Crippen molar-refractivity contribution in [3.8, 4) is 5.75 Å². The van der Waals surface area contributed by atoms with Crippen LogP contribution in [0.1, 0.15) is 44.4 Å². The third-order valence-corrected chi connectivity index (χ3v) is 6.98. The monoisotopic (exact) mass is 528 g/mol. The van der Waals surface area contributed by atoms with Gasteiger partial charge in [0.25, 0.3) is 0 Å². The second kappa shape index (κ2) is 13.0. The zero-order valence-corrected chi connectivity index (χ0v) is 21.6. The lowest BCUT2D eigenvalue weighted by Crippen LogP contribution is -2.58. The lowest BCUT2D eigenvalue weighted by atomic mass is 9.98. The molecule has 38 heavy (non-hydrogen) atoms. The maximum absolute atomic E-state index is 13.6. The van der Waals surface area contributed by atoms with Gasteiger partial charge in [-0.05, 0) is 36.5 Å². The third-order valence-electron chi connectivity index (χ3n) is 6.98. The van der Waals surface area contributed by atoms with Crippen molar-refractivity contribution in [3.05, 3.63) is 48.0 Å². The lowest BCUT2D eigenvalue weighted by Gasteiger charge is -2.29. The molecule has 1 aromatic heterocycles. The predicted molar refractivity (Wildman–Crippen MR) is 138 cm³/mol. The molecule has 3 amide bonds. The number of aromatic hydroxyl groups is 1. The summed E-state index contributed by atoms with van der Waals surface area (Å²) < 4.78 is 0. The summed E-state index contributed by atoms with van der Waals surface area (Å²) in [5.41, 5.74) is 7.34. The maximum atomic E-state index is 13.6. The molecule has 1 aromatic carbocycles. The fourth-order valence-electron chi connectivity index (χ4n) is 4.43. The van der Waals surface area contributed by atoms with E-state index < -0.39 is 47.9 Å². The van der Waals surface area contributed by atoms with Crippen molar-refractivity contribution < 1.29 is 29.4 Å². The summed E-state index contributed by atoms with van der Waals surface area (Å²) in [6.07, 6.45) is 4.64. The molecule has 7 N–H and O–H groups in total. The summed E-state index contributed by atoms with van der Waals surface area (Å²) in [7, 11) is 0. The van der Waals surface area contributed by atoms with E-state index in [0.29, 0.717) is 30.5 Å². The number of carbonyl (C=O) groups is 4. The molecule has 1 aliphatic heterocycles. The molecular weight excluding hydrogens is 492 g/mol. The van der Waals surface area contributed by atoms with Crippen LogP contribution in [0.5, 0.6) is 5.75 Å². The average molecular weight is 529 g/mol. The first-order valence-electron chi connectivity index (χ1n) is 12.8. The molecule has 12 nitrogen and oxygen atoms in total. The number of hydrogen-bond acceptors (Lipinski definition) is 7. The van der Waals surface area contributed by atoms with Crippen LogP contribution in [0, 0.1) is 5.92 Å². The van der Waals surface area contributed by atoms with Crippen LogP contribution >= 0.6 is 0 Å². The minimum absolute atomic E-state index is 0.0552. The predicted octanol–water partition coefficient (Wildman–Crippen LogP) is 0.319. The second-order valence-electron chi connectivity index (χ2n) is 9.71. The summed E-state index contributed by atoms with van der Waals surface area (Å²) >= 11 is 0. The third kappa shape index (κ3) is 7.31. The maximum Gasteiger partial charge on any atom is 0.326 e. The van der Waals surface area contributed by atoms with Gasteiger partial charge >= 0.3 is 5.97 Å². The van der Waals surface area contributed by atoms with Gasteiger partial charge in [-0.25, -0.2) is 9.78 Å². The molecule has 1 fully saturated rings. The Balaban J connectivity index is 1.85. The number of aromatic amines is 1. The van der Waals surface area contributed by atoms with E-state index in [4.69, 9.17) is 5.73 Å². The molecule has 12 heteroatoms. The van der Waals surface area contributed by atoms with E-state index in [-0.39, 0.29) is 31.1 Å². The molecule has 0 spiro atoms. The van der Waals surface area contributed by atoms with E-state index in [2.05, 4.69) is 20.6 Å². The first-order chi connectivity index (χ1) is 18.1. The number of amides is 3. The van der Waals surface area contributed by atoms with Gasteiger partial charge in [0.05, 0.1) is 12.4 Å². The number of phenolic OH excluding ortho intramolecular Hbond substituents is 1. The van der Waals surface area contributed by atoms with Gasteiger partial charge in [0.1, 0.15) is 23.9 Å². The number of carboxylic acids is 1. The molecular formula is C26H36N6O6. The van der Waals surface area contributed by atoms with Crippen molar-refractivity contribution in [2.45, 2.75) is 70.1 Å². The number of carboxylic acid groups (broad SMARTS) is 1. The number of aromatic nitrogens is 2. The molecule has 2 heterocycles. The second-order valence-corrected chi connectivity index (χ2v) is 9.71. The van der Waals surface area contributed by atoms with Crippen molar-refractivity contribution in [2.24, 2.45) is 11.7 Å². The van der Waals surface area contributed by atoms with Gasteiger partial charge in [-0.15, -0.1) is 0 Å². The van der Waals surface area contributed by atoms with Crippen molar-refractivity contribution in [1.29, 1.82) is 0 Å². The minimum atomic E-state index is -1.10. The quantitative estimate of drug-likeness (QED) is 0.227.